The van der Waals surface area contributed by atoms with E-state index in [0.29, 0.717) is 17.5 Å². The molecule has 3 N–H and O–H groups in total. The van der Waals surface area contributed by atoms with Gasteiger partial charge in [-0.2, -0.15) is 0 Å². The van der Waals surface area contributed by atoms with E-state index < -0.39 is 0 Å². The first-order valence-corrected chi connectivity index (χ1v) is 9.47. The van der Waals surface area contributed by atoms with Crippen molar-refractivity contribution in [2.75, 3.05) is 5.32 Å². The molecule has 0 saturated heterocycles. The number of hydrogen-bond donors (Lipinski definition) is 2. The Hall–Kier alpha value is -2.91. The molecule has 1 atom stereocenters. The normalized spacial score (nSPS) is 12.0. The Morgan fingerprint density at radius 3 is 2.04 bits per heavy atom. The quantitative estimate of drug-likeness (QED) is 0.645. The fraction of sp³-hybridized carbons (Fsp3) is 0.208. The molecule has 3 aromatic rings. The second-order valence-corrected chi connectivity index (χ2v) is 7.14. The Balaban J connectivity index is 1.61. The third-order valence-corrected chi connectivity index (χ3v) is 4.76. The first-order chi connectivity index (χ1) is 13.1. The van der Waals surface area contributed by atoms with Crippen LogP contribution in [0.15, 0.2) is 84.9 Å². The first-order valence-electron chi connectivity index (χ1n) is 9.47. The van der Waals surface area contributed by atoms with Crippen LogP contribution in [0.2, 0.25) is 0 Å². The second-order valence-electron chi connectivity index (χ2n) is 7.14. The van der Waals surface area contributed by atoms with Gasteiger partial charge in [0, 0.05) is 28.3 Å². The van der Waals surface area contributed by atoms with Gasteiger partial charge in [0.15, 0.2) is 0 Å². The number of benzene rings is 3. The van der Waals surface area contributed by atoms with Crippen LogP contribution in [0.3, 0.4) is 0 Å². The van der Waals surface area contributed by atoms with Crippen LogP contribution in [0.1, 0.15) is 41.4 Å². The number of nitrogens with one attached hydrogen (secondary N) is 1. The zero-order valence-electron chi connectivity index (χ0n) is 15.9. The number of hydrogen-bond acceptors (Lipinski definition) is 1. The topological polar surface area (TPSA) is 45.7 Å². The highest BCUT2D eigenvalue weighted by molar-refractivity contribution is 6.04. The van der Waals surface area contributed by atoms with Crippen molar-refractivity contribution in [1.82, 2.24) is 0 Å². The molecule has 0 unspecified atom stereocenters. The number of anilines is 1. The number of carbonyl (C=O) groups is 1. The first kappa shape index (κ1) is 18.9. The number of rotatable bonds is 7. The van der Waals surface area contributed by atoms with E-state index in [2.05, 4.69) is 54.8 Å². The molecule has 138 valence electrons. The molecule has 27 heavy (non-hydrogen) atoms. The standard InChI is InChI=1S/C24H26N2O/c1-18(2)23(20-9-5-3-6-10-20)25-17-19-13-15-21(16-14-19)24(27)26-22-11-7-4-8-12-22/h3-16,18,23,25H,17H2,1-2H3,(H,26,27)/p+1/t23-/m1/s1. The second kappa shape index (κ2) is 9.15. The van der Waals surface area contributed by atoms with Crippen molar-refractivity contribution in [3.8, 4) is 0 Å². The van der Waals surface area contributed by atoms with Gasteiger partial charge in [-0.05, 0) is 24.3 Å². The maximum absolute atomic E-state index is 12.3. The van der Waals surface area contributed by atoms with Gasteiger partial charge in [-0.3, -0.25) is 4.79 Å². The number of para-hydroxylation sites is 1. The number of nitrogens with two attached hydrogens (primary N) is 1. The highest BCUT2D eigenvalue weighted by Gasteiger charge is 2.18. The van der Waals surface area contributed by atoms with Crippen LogP contribution in [0.4, 0.5) is 5.69 Å². The van der Waals surface area contributed by atoms with Crippen LogP contribution in [0, 0.1) is 5.92 Å². The minimum atomic E-state index is -0.0823. The van der Waals surface area contributed by atoms with Crippen molar-refractivity contribution in [2.24, 2.45) is 5.92 Å². The maximum atomic E-state index is 12.3. The number of carbonyl (C=O) groups excluding carboxylic acids is 1. The summed E-state index contributed by atoms with van der Waals surface area (Å²) in [5, 5.41) is 5.29. The summed E-state index contributed by atoms with van der Waals surface area (Å²) in [6.45, 7) is 5.40. The molecule has 0 heterocycles. The van der Waals surface area contributed by atoms with E-state index in [-0.39, 0.29) is 5.91 Å². The van der Waals surface area contributed by atoms with Crippen LogP contribution < -0.4 is 10.6 Å². The van der Waals surface area contributed by atoms with E-state index in [4.69, 9.17) is 0 Å². The summed E-state index contributed by atoms with van der Waals surface area (Å²) in [5.41, 5.74) is 4.05. The average molecular weight is 359 g/mol. The van der Waals surface area contributed by atoms with Crippen LogP contribution >= 0.6 is 0 Å². The van der Waals surface area contributed by atoms with Crippen molar-refractivity contribution in [1.29, 1.82) is 0 Å². The van der Waals surface area contributed by atoms with Gasteiger partial charge >= 0.3 is 0 Å². The predicted molar refractivity (Wildman–Crippen MR) is 110 cm³/mol. The van der Waals surface area contributed by atoms with Gasteiger partial charge in [0.25, 0.3) is 5.91 Å². The summed E-state index contributed by atoms with van der Waals surface area (Å²) in [6.07, 6.45) is 0. The Morgan fingerprint density at radius 2 is 1.44 bits per heavy atom. The predicted octanol–water partition coefficient (Wildman–Crippen LogP) is 4.40. The van der Waals surface area contributed by atoms with Crippen LogP contribution in [-0.4, -0.2) is 5.91 Å². The van der Waals surface area contributed by atoms with Crippen molar-refractivity contribution in [3.63, 3.8) is 0 Å². The summed E-state index contributed by atoms with van der Waals surface area (Å²) in [4.78, 5) is 12.3. The molecule has 0 fully saturated rings. The lowest BCUT2D eigenvalue weighted by Gasteiger charge is -2.19. The lowest BCUT2D eigenvalue weighted by atomic mass is 9.96. The fourth-order valence-electron chi connectivity index (χ4n) is 3.25. The molecule has 0 aliphatic heterocycles. The van der Waals surface area contributed by atoms with E-state index in [0.717, 1.165) is 12.2 Å². The molecule has 1 amide bonds. The molecule has 0 aromatic heterocycles. The minimum absolute atomic E-state index is 0.0823. The average Bonchev–Trinajstić information content (AvgIpc) is 2.70. The van der Waals surface area contributed by atoms with Gasteiger partial charge in [0.1, 0.15) is 12.6 Å². The van der Waals surface area contributed by atoms with Crippen molar-refractivity contribution in [2.45, 2.75) is 26.4 Å². The molecule has 0 saturated carbocycles. The van der Waals surface area contributed by atoms with Gasteiger partial charge in [-0.25, -0.2) is 0 Å². The van der Waals surface area contributed by atoms with Crippen molar-refractivity contribution >= 4 is 11.6 Å². The molecule has 3 nitrogen and oxygen atoms in total. The van der Waals surface area contributed by atoms with E-state index in [1.807, 2.05) is 54.6 Å². The zero-order chi connectivity index (χ0) is 19.1. The third kappa shape index (κ3) is 5.28. The third-order valence-electron chi connectivity index (χ3n) is 4.76. The molecule has 3 heteroatoms. The van der Waals surface area contributed by atoms with E-state index in [1.54, 1.807) is 0 Å². The number of amides is 1. The maximum Gasteiger partial charge on any atom is 0.255 e. The van der Waals surface area contributed by atoms with Crippen molar-refractivity contribution < 1.29 is 10.1 Å². The van der Waals surface area contributed by atoms with Crippen LogP contribution in [0.5, 0.6) is 0 Å². The summed E-state index contributed by atoms with van der Waals surface area (Å²) in [6, 6.07) is 28.5. The highest BCUT2D eigenvalue weighted by atomic mass is 16.1. The van der Waals surface area contributed by atoms with Crippen LogP contribution in [0.25, 0.3) is 0 Å². The largest absolute Gasteiger partial charge is 0.336 e. The number of quaternary nitrogens is 1. The van der Waals surface area contributed by atoms with Gasteiger partial charge in [0.2, 0.25) is 0 Å². The lowest BCUT2D eigenvalue weighted by molar-refractivity contribution is -0.717. The molecular weight excluding hydrogens is 332 g/mol. The molecule has 0 spiro atoms. The van der Waals surface area contributed by atoms with Crippen LogP contribution in [-0.2, 0) is 6.54 Å². The summed E-state index contributed by atoms with van der Waals surface area (Å²) >= 11 is 0. The molecule has 3 aromatic carbocycles. The molecule has 0 aliphatic carbocycles. The Kier molecular flexibility index (Phi) is 6.39. The van der Waals surface area contributed by atoms with Gasteiger partial charge in [-0.15, -0.1) is 0 Å². The van der Waals surface area contributed by atoms with E-state index in [1.165, 1.54) is 11.1 Å². The highest BCUT2D eigenvalue weighted by Crippen LogP contribution is 2.17. The summed E-state index contributed by atoms with van der Waals surface area (Å²) in [5.74, 6) is 0.462. The molecule has 0 aliphatic rings. The molecule has 0 radical (unpaired) electrons. The van der Waals surface area contributed by atoms with Crippen molar-refractivity contribution in [3.05, 3.63) is 102 Å². The Labute approximate surface area is 161 Å². The van der Waals surface area contributed by atoms with Gasteiger partial charge in [0.05, 0.1) is 0 Å². The summed E-state index contributed by atoms with van der Waals surface area (Å²) in [7, 11) is 0. The minimum Gasteiger partial charge on any atom is -0.336 e. The van der Waals surface area contributed by atoms with E-state index in [9.17, 15) is 4.79 Å². The van der Waals surface area contributed by atoms with E-state index >= 15 is 0 Å². The Bertz CT molecular complexity index is 843. The summed E-state index contributed by atoms with van der Waals surface area (Å²) < 4.78 is 0. The lowest BCUT2D eigenvalue weighted by Crippen LogP contribution is -2.84. The zero-order valence-corrected chi connectivity index (χ0v) is 15.9. The molecule has 3 rings (SSSR count). The SMILES string of the molecule is CC(C)[C@@H]([NH2+]Cc1ccc(C(=O)Nc2ccccc2)cc1)c1ccccc1. The monoisotopic (exact) mass is 359 g/mol. The molecular formula is C24H27N2O+. The van der Waals surface area contributed by atoms with Gasteiger partial charge in [-0.1, -0.05) is 74.5 Å². The Morgan fingerprint density at radius 1 is 0.852 bits per heavy atom. The van der Waals surface area contributed by atoms with Gasteiger partial charge < -0.3 is 10.6 Å². The molecule has 0 bridgehead atoms. The smallest absolute Gasteiger partial charge is 0.255 e. The fourth-order valence-corrected chi connectivity index (χ4v) is 3.25.